The predicted octanol–water partition coefficient (Wildman–Crippen LogP) is 8.30. The molecule has 2 heteroatoms. The SMILES string of the molecule is C=C(C)[C@@H](CCCC)O[C@@H](CC)[Sn]([CH2]CCC)([CH2]CCC)[CH2]CCC. The van der Waals surface area contributed by atoms with Crippen molar-refractivity contribution in [3.8, 4) is 0 Å². The fraction of sp³-hybridized carbons (Fsp3) is 0.913. The van der Waals surface area contributed by atoms with Gasteiger partial charge in [-0.2, -0.15) is 0 Å². The molecule has 0 unspecified atom stereocenters. The van der Waals surface area contributed by atoms with E-state index < -0.39 is 18.4 Å². The standard InChI is InChI=1S/C11H21O.3C4H9.Sn/c1-5-7-8-11(10(3)4)12-9-6-2;3*1-3-4-2;/h9,11H,3,5-8H2,1-2,4H3;3*1,3-4H2,2H3;/t11-;;;;/m1..../s1. The second kappa shape index (κ2) is 15.5. The summed E-state index contributed by atoms with van der Waals surface area (Å²) >= 11 is -2.31. The van der Waals surface area contributed by atoms with Gasteiger partial charge < -0.3 is 0 Å². The number of hydrogen-bond acceptors (Lipinski definition) is 1. The summed E-state index contributed by atoms with van der Waals surface area (Å²) in [5.41, 5.74) is 1.24. The molecule has 0 heterocycles. The molecule has 0 saturated carbocycles. The molecule has 0 N–H and O–H groups in total. The van der Waals surface area contributed by atoms with Crippen LogP contribution in [0.5, 0.6) is 0 Å². The summed E-state index contributed by atoms with van der Waals surface area (Å²) in [5.74, 6) is 0. The van der Waals surface area contributed by atoms with E-state index in [1.165, 1.54) is 69.8 Å². The first-order chi connectivity index (χ1) is 12.0. The minimum absolute atomic E-state index is 0.297. The maximum absolute atomic E-state index is 6.91. The van der Waals surface area contributed by atoms with Crippen molar-refractivity contribution in [2.45, 2.75) is 129 Å². The van der Waals surface area contributed by atoms with Gasteiger partial charge in [-0.3, -0.25) is 0 Å². The molecule has 2 atom stereocenters. The molecular formula is C23H48OSn. The van der Waals surface area contributed by atoms with Crippen LogP contribution < -0.4 is 0 Å². The van der Waals surface area contributed by atoms with Crippen LogP contribution in [0.1, 0.15) is 106 Å². The van der Waals surface area contributed by atoms with Crippen LogP contribution in [0.2, 0.25) is 13.3 Å². The Morgan fingerprint density at radius 2 is 1.24 bits per heavy atom. The molecule has 0 saturated heterocycles. The van der Waals surface area contributed by atoms with Gasteiger partial charge in [0.15, 0.2) is 0 Å². The molecule has 0 aromatic carbocycles. The van der Waals surface area contributed by atoms with Crippen LogP contribution >= 0.6 is 0 Å². The van der Waals surface area contributed by atoms with Crippen molar-refractivity contribution in [3.05, 3.63) is 12.2 Å². The van der Waals surface area contributed by atoms with Gasteiger partial charge >= 0.3 is 165 Å². The molecule has 0 amide bonds. The molecule has 0 radical (unpaired) electrons. The first-order valence-electron chi connectivity index (χ1n) is 11.3. The van der Waals surface area contributed by atoms with Crippen LogP contribution in [0.25, 0.3) is 0 Å². The molecule has 0 aromatic heterocycles. The normalized spacial score (nSPS) is 14.5. The first-order valence-corrected chi connectivity index (χ1v) is 19.0. The second-order valence-corrected chi connectivity index (χ2v) is 22.1. The van der Waals surface area contributed by atoms with Gasteiger partial charge in [-0.1, -0.05) is 0 Å². The van der Waals surface area contributed by atoms with Gasteiger partial charge in [0.2, 0.25) is 0 Å². The van der Waals surface area contributed by atoms with Gasteiger partial charge in [0, 0.05) is 0 Å². The fourth-order valence-electron chi connectivity index (χ4n) is 4.14. The number of ether oxygens (including phenoxy) is 1. The van der Waals surface area contributed by atoms with Crippen LogP contribution in [0.3, 0.4) is 0 Å². The fourth-order valence-corrected chi connectivity index (χ4v) is 21.9. The second-order valence-electron chi connectivity index (χ2n) is 8.18. The summed E-state index contributed by atoms with van der Waals surface area (Å²) in [4.78, 5) is 0. The molecule has 0 aliphatic rings. The molecule has 0 bridgehead atoms. The molecule has 0 aliphatic carbocycles. The van der Waals surface area contributed by atoms with Crippen molar-refractivity contribution >= 4 is 18.4 Å². The zero-order valence-electron chi connectivity index (χ0n) is 18.5. The van der Waals surface area contributed by atoms with Crippen molar-refractivity contribution in [3.63, 3.8) is 0 Å². The van der Waals surface area contributed by atoms with E-state index in [4.69, 9.17) is 4.74 Å². The van der Waals surface area contributed by atoms with Crippen molar-refractivity contribution in [2.75, 3.05) is 0 Å². The van der Waals surface area contributed by atoms with Gasteiger partial charge in [-0.15, -0.1) is 0 Å². The Kier molecular flexibility index (Phi) is 15.9. The Balaban J connectivity index is 5.40. The Morgan fingerprint density at radius 1 is 0.800 bits per heavy atom. The molecular weight excluding hydrogens is 411 g/mol. The molecule has 25 heavy (non-hydrogen) atoms. The van der Waals surface area contributed by atoms with Gasteiger partial charge in [0.25, 0.3) is 0 Å². The first kappa shape index (κ1) is 25.5. The average Bonchev–Trinajstić information content (AvgIpc) is 2.61. The quantitative estimate of drug-likeness (QED) is 0.157. The average molecular weight is 459 g/mol. The van der Waals surface area contributed by atoms with E-state index in [-0.39, 0.29) is 0 Å². The molecule has 1 nitrogen and oxygen atoms in total. The van der Waals surface area contributed by atoms with Crippen molar-refractivity contribution in [1.82, 2.24) is 0 Å². The summed E-state index contributed by atoms with van der Waals surface area (Å²) in [5, 5.41) is 0. The van der Waals surface area contributed by atoms with E-state index in [9.17, 15) is 0 Å². The molecule has 0 aromatic rings. The zero-order chi connectivity index (χ0) is 19.1. The van der Waals surface area contributed by atoms with E-state index in [0.717, 1.165) is 0 Å². The van der Waals surface area contributed by atoms with E-state index >= 15 is 0 Å². The van der Waals surface area contributed by atoms with Gasteiger partial charge in [0.1, 0.15) is 0 Å². The van der Waals surface area contributed by atoms with Crippen LogP contribution in [0.4, 0.5) is 0 Å². The number of rotatable bonds is 17. The van der Waals surface area contributed by atoms with Crippen molar-refractivity contribution in [1.29, 1.82) is 0 Å². The van der Waals surface area contributed by atoms with Crippen LogP contribution in [-0.4, -0.2) is 28.6 Å². The predicted molar refractivity (Wildman–Crippen MR) is 118 cm³/mol. The third-order valence-corrected chi connectivity index (χ3v) is 22.8. The van der Waals surface area contributed by atoms with E-state index in [0.29, 0.717) is 10.2 Å². The minimum atomic E-state index is -2.31. The summed E-state index contributed by atoms with van der Waals surface area (Å²) in [7, 11) is 0. The number of unbranched alkanes of at least 4 members (excludes halogenated alkanes) is 4. The molecule has 0 spiro atoms. The molecule has 0 fully saturated rings. The monoisotopic (exact) mass is 460 g/mol. The van der Waals surface area contributed by atoms with Crippen LogP contribution in [0.15, 0.2) is 12.2 Å². The maximum atomic E-state index is 6.91. The van der Waals surface area contributed by atoms with Crippen molar-refractivity contribution < 1.29 is 4.74 Å². The summed E-state index contributed by atoms with van der Waals surface area (Å²) in [6.45, 7) is 18.2. The van der Waals surface area contributed by atoms with Gasteiger partial charge in [-0.25, -0.2) is 0 Å². The third-order valence-electron chi connectivity index (χ3n) is 5.84. The Bertz CT molecular complexity index is 304. The topological polar surface area (TPSA) is 9.23 Å². The van der Waals surface area contributed by atoms with E-state index in [1.54, 1.807) is 13.3 Å². The Morgan fingerprint density at radius 3 is 1.56 bits per heavy atom. The third kappa shape index (κ3) is 9.84. The molecule has 150 valence electrons. The van der Waals surface area contributed by atoms with Crippen LogP contribution in [0, 0.1) is 0 Å². The van der Waals surface area contributed by atoms with E-state index in [2.05, 4.69) is 48.1 Å². The van der Waals surface area contributed by atoms with Gasteiger partial charge in [-0.05, 0) is 0 Å². The number of hydrogen-bond donors (Lipinski definition) is 0. The Hall–Kier alpha value is 0.499. The zero-order valence-corrected chi connectivity index (χ0v) is 21.3. The van der Waals surface area contributed by atoms with Gasteiger partial charge in [0.05, 0.1) is 0 Å². The van der Waals surface area contributed by atoms with Crippen LogP contribution in [-0.2, 0) is 4.74 Å². The summed E-state index contributed by atoms with van der Waals surface area (Å²) < 4.78 is 12.1. The van der Waals surface area contributed by atoms with E-state index in [1.807, 2.05) is 0 Å². The molecule has 0 rings (SSSR count). The summed E-state index contributed by atoms with van der Waals surface area (Å²) in [6, 6.07) is 0. The Labute approximate surface area is 164 Å². The molecule has 0 aliphatic heterocycles. The summed E-state index contributed by atoms with van der Waals surface area (Å²) in [6.07, 6.45) is 13.5. The van der Waals surface area contributed by atoms with Crippen molar-refractivity contribution in [2.24, 2.45) is 0 Å².